The lowest BCUT2D eigenvalue weighted by Gasteiger charge is -2.13. The predicted molar refractivity (Wildman–Crippen MR) is 69.3 cm³/mol. The summed E-state index contributed by atoms with van der Waals surface area (Å²) in [6, 6.07) is 8.86. The van der Waals surface area contributed by atoms with Crippen molar-refractivity contribution in [3.8, 4) is 6.07 Å². The van der Waals surface area contributed by atoms with Gasteiger partial charge in [0.25, 0.3) is 0 Å². The molecular weight excluding hydrogens is 298 g/mol. The van der Waals surface area contributed by atoms with Gasteiger partial charge in [-0.25, -0.2) is 0 Å². The molecule has 0 spiro atoms. The molecule has 0 aromatic heterocycles. The van der Waals surface area contributed by atoms with E-state index in [1.165, 1.54) is 0 Å². The van der Waals surface area contributed by atoms with Crippen molar-refractivity contribution in [1.82, 2.24) is 10.6 Å². The number of amides is 2. The minimum atomic E-state index is -0.805. The number of carbonyl (C=O) groups excluding carboxylic acids is 2. The molecule has 1 aromatic carbocycles. The number of rotatable bonds is 3. The van der Waals surface area contributed by atoms with Gasteiger partial charge in [0.05, 0.1) is 12.1 Å². The minimum absolute atomic E-state index is 0.182. The number of nitrogens with one attached hydrogen (secondary N) is 2. The van der Waals surface area contributed by atoms with Crippen LogP contribution in [0, 0.1) is 11.3 Å². The molecule has 94 valence electrons. The average Bonchev–Trinajstić information content (AvgIpc) is 2.36. The van der Waals surface area contributed by atoms with Crippen LogP contribution in [0.15, 0.2) is 28.7 Å². The third-order valence-electron chi connectivity index (χ3n) is 2.25. The van der Waals surface area contributed by atoms with Crippen LogP contribution < -0.4 is 10.6 Å². The molecule has 0 fully saturated rings. The van der Waals surface area contributed by atoms with Crippen molar-refractivity contribution in [3.05, 3.63) is 34.3 Å². The Morgan fingerprint density at radius 2 is 1.94 bits per heavy atom. The Kier molecular flexibility index (Phi) is 5.33. The second-order valence-electron chi connectivity index (χ2n) is 3.59. The highest BCUT2D eigenvalue weighted by Gasteiger charge is 2.16. The number of nitriles is 1. The molecule has 2 amide bonds. The molecule has 0 heterocycles. The second kappa shape index (κ2) is 6.77. The molecule has 0 saturated carbocycles. The maximum absolute atomic E-state index is 11.5. The van der Waals surface area contributed by atoms with E-state index in [4.69, 9.17) is 5.26 Å². The van der Waals surface area contributed by atoms with E-state index in [0.29, 0.717) is 0 Å². The van der Waals surface area contributed by atoms with Crippen LogP contribution in [0.2, 0.25) is 0 Å². The molecule has 6 heteroatoms. The van der Waals surface area contributed by atoms with Crippen molar-refractivity contribution in [3.63, 3.8) is 0 Å². The molecule has 18 heavy (non-hydrogen) atoms. The number of hydrogen-bond acceptors (Lipinski definition) is 3. The van der Waals surface area contributed by atoms with Crippen LogP contribution in [0.1, 0.15) is 18.5 Å². The molecule has 0 radical (unpaired) electrons. The summed E-state index contributed by atoms with van der Waals surface area (Å²) >= 11 is 3.32. The Morgan fingerprint density at radius 1 is 1.33 bits per heavy atom. The molecule has 1 atom stereocenters. The van der Waals surface area contributed by atoms with Crippen molar-refractivity contribution in [1.29, 1.82) is 5.26 Å². The molecule has 0 aliphatic rings. The quantitative estimate of drug-likeness (QED) is 0.651. The molecule has 2 N–H and O–H groups in total. The summed E-state index contributed by atoms with van der Waals surface area (Å²) in [7, 11) is 0. The van der Waals surface area contributed by atoms with Crippen molar-refractivity contribution in [2.24, 2.45) is 0 Å². The largest absolute Gasteiger partial charge is 0.341 e. The average molecular weight is 310 g/mol. The summed E-state index contributed by atoms with van der Waals surface area (Å²) < 4.78 is 0.941. The van der Waals surface area contributed by atoms with Gasteiger partial charge in [-0.2, -0.15) is 5.26 Å². The Morgan fingerprint density at radius 3 is 2.50 bits per heavy atom. The highest BCUT2D eigenvalue weighted by atomic mass is 79.9. The van der Waals surface area contributed by atoms with E-state index in [2.05, 4.69) is 26.6 Å². The standard InChI is InChI=1S/C12H12BrN3O2/c1-8(9-2-4-10(13)5-3-9)16-12(18)11(17)15-7-6-14/h2-5,8H,7H2,1H3,(H,15,17)(H,16,18)/t8-/m1/s1. The number of halogens is 1. The molecule has 0 bridgehead atoms. The number of hydrogen-bond donors (Lipinski definition) is 2. The third kappa shape index (κ3) is 4.18. The van der Waals surface area contributed by atoms with Crippen molar-refractivity contribution in [2.45, 2.75) is 13.0 Å². The Bertz CT molecular complexity index is 479. The van der Waals surface area contributed by atoms with Crippen molar-refractivity contribution in [2.75, 3.05) is 6.54 Å². The Balaban J connectivity index is 2.57. The summed E-state index contributed by atoms with van der Waals surface area (Å²) in [4.78, 5) is 22.7. The molecule has 0 aliphatic heterocycles. The van der Waals surface area contributed by atoms with Crippen LogP contribution in [-0.4, -0.2) is 18.4 Å². The van der Waals surface area contributed by atoms with Gasteiger partial charge in [0, 0.05) is 4.47 Å². The van der Waals surface area contributed by atoms with Crippen molar-refractivity contribution >= 4 is 27.7 Å². The predicted octanol–water partition coefficient (Wildman–Crippen LogP) is 1.27. The monoisotopic (exact) mass is 309 g/mol. The highest BCUT2D eigenvalue weighted by molar-refractivity contribution is 9.10. The van der Waals surface area contributed by atoms with Gasteiger partial charge in [-0.05, 0) is 24.6 Å². The Labute approximate surface area is 113 Å². The highest BCUT2D eigenvalue weighted by Crippen LogP contribution is 2.16. The maximum Gasteiger partial charge on any atom is 0.310 e. The lowest BCUT2D eigenvalue weighted by Crippen LogP contribution is -2.41. The fourth-order valence-electron chi connectivity index (χ4n) is 1.30. The summed E-state index contributed by atoms with van der Waals surface area (Å²) in [5.41, 5.74) is 0.889. The van der Waals surface area contributed by atoms with Gasteiger partial charge in [-0.15, -0.1) is 0 Å². The van der Waals surface area contributed by atoms with Gasteiger partial charge < -0.3 is 10.6 Å². The van der Waals surface area contributed by atoms with Crippen LogP contribution >= 0.6 is 15.9 Å². The van der Waals surface area contributed by atoms with Crippen LogP contribution in [0.4, 0.5) is 0 Å². The first-order valence-electron chi connectivity index (χ1n) is 5.25. The van der Waals surface area contributed by atoms with E-state index in [1.54, 1.807) is 13.0 Å². The SMILES string of the molecule is C[C@@H](NC(=O)C(=O)NCC#N)c1ccc(Br)cc1. The van der Waals surface area contributed by atoms with Crippen LogP contribution in [0.3, 0.4) is 0 Å². The normalized spacial score (nSPS) is 11.2. The second-order valence-corrected chi connectivity index (χ2v) is 4.50. The van der Waals surface area contributed by atoms with E-state index in [-0.39, 0.29) is 12.6 Å². The zero-order chi connectivity index (χ0) is 13.5. The van der Waals surface area contributed by atoms with Crippen molar-refractivity contribution < 1.29 is 9.59 Å². The summed E-state index contributed by atoms with van der Waals surface area (Å²) in [5, 5.41) is 13.0. The van der Waals surface area contributed by atoms with Gasteiger partial charge in [0.2, 0.25) is 0 Å². The number of nitrogens with zero attached hydrogens (tertiary/aromatic N) is 1. The fraction of sp³-hybridized carbons (Fsp3) is 0.250. The van der Waals surface area contributed by atoms with Gasteiger partial charge in [-0.3, -0.25) is 9.59 Å². The summed E-state index contributed by atoms with van der Waals surface area (Å²) in [5.74, 6) is -1.55. The van der Waals surface area contributed by atoms with E-state index in [9.17, 15) is 9.59 Å². The smallest absolute Gasteiger partial charge is 0.310 e. The van der Waals surface area contributed by atoms with Gasteiger partial charge in [0.1, 0.15) is 6.54 Å². The lowest BCUT2D eigenvalue weighted by molar-refractivity contribution is -0.139. The zero-order valence-corrected chi connectivity index (χ0v) is 11.3. The molecule has 0 saturated heterocycles. The fourth-order valence-corrected chi connectivity index (χ4v) is 1.56. The van der Waals surface area contributed by atoms with E-state index >= 15 is 0 Å². The molecule has 0 unspecified atom stereocenters. The first kappa shape index (κ1) is 14.2. The topological polar surface area (TPSA) is 82.0 Å². The van der Waals surface area contributed by atoms with Crippen LogP contribution in [0.5, 0.6) is 0 Å². The molecule has 0 aliphatic carbocycles. The molecule has 1 rings (SSSR count). The van der Waals surface area contributed by atoms with Gasteiger partial charge in [-0.1, -0.05) is 28.1 Å². The van der Waals surface area contributed by atoms with Gasteiger partial charge in [0.15, 0.2) is 0 Å². The van der Waals surface area contributed by atoms with Gasteiger partial charge >= 0.3 is 11.8 Å². The number of benzene rings is 1. The first-order chi connectivity index (χ1) is 8.54. The van der Waals surface area contributed by atoms with Crippen LogP contribution in [-0.2, 0) is 9.59 Å². The minimum Gasteiger partial charge on any atom is -0.341 e. The number of carbonyl (C=O) groups is 2. The molecular formula is C12H12BrN3O2. The van der Waals surface area contributed by atoms with E-state index < -0.39 is 11.8 Å². The maximum atomic E-state index is 11.5. The third-order valence-corrected chi connectivity index (χ3v) is 2.78. The first-order valence-corrected chi connectivity index (χ1v) is 6.05. The molecule has 5 nitrogen and oxygen atoms in total. The van der Waals surface area contributed by atoms with Crippen LogP contribution in [0.25, 0.3) is 0 Å². The summed E-state index contributed by atoms with van der Waals surface area (Å²) in [6.45, 7) is 1.59. The van der Waals surface area contributed by atoms with E-state index in [1.807, 2.05) is 24.3 Å². The lowest BCUT2D eigenvalue weighted by atomic mass is 10.1. The van der Waals surface area contributed by atoms with E-state index in [0.717, 1.165) is 10.0 Å². The summed E-state index contributed by atoms with van der Waals surface area (Å²) in [6.07, 6.45) is 0. The zero-order valence-electron chi connectivity index (χ0n) is 9.74. The molecule has 1 aromatic rings. The Hall–Kier alpha value is -1.87.